The SMILES string of the molecule is CC(C)P(=S)(SSP(=S)(C(C)C)C(C)C)C(C)C. The lowest BCUT2D eigenvalue weighted by atomic mass is 10.5. The maximum absolute atomic E-state index is 6.02. The molecule has 0 spiro atoms. The summed E-state index contributed by atoms with van der Waals surface area (Å²) in [6, 6.07) is 0. The Morgan fingerprint density at radius 2 is 0.722 bits per heavy atom. The molecule has 0 amide bonds. The van der Waals surface area contributed by atoms with Crippen molar-refractivity contribution in [3.05, 3.63) is 0 Å². The van der Waals surface area contributed by atoms with Crippen LogP contribution >= 0.6 is 31.3 Å². The molecule has 18 heavy (non-hydrogen) atoms. The molecule has 6 heteroatoms. The summed E-state index contributed by atoms with van der Waals surface area (Å²) in [6.07, 6.45) is 0. The fourth-order valence-electron chi connectivity index (χ4n) is 1.64. The van der Waals surface area contributed by atoms with Gasteiger partial charge < -0.3 is 0 Å². The lowest BCUT2D eigenvalue weighted by Crippen LogP contribution is -2.06. The Hall–Kier alpha value is 2.00. The molecule has 0 unspecified atom stereocenters. The number of hydrogen-bond donors (Lipinski definition) is 0. The molecule has 0 aromatic rings. The van der Waals surface area contributed by atoms with Crippen molar-refractivity contribution in [2.45, 2.75) is 78.0 Å². The van der Waals surface area contributed by atoms with Gasteiger partial charge in [0.2, 0.25) is 0 Å². The van der Waals surface area contributed by atoms with Crippen LogP contribution in [0.25, 0.3) is 0 Å². The van der Waals surface area contributed by atoms with E-state index in [0.717, 1.165) is 0 Å². The molecule has 0 rings (SSSR count). The first kappa shape index (κ1) is 20.0. The van der Waals surface area contributed by atoms with Gasteiger partial charge in [-0.05, 0) is 22.6 Å². The standard InChI is InChI=1S/C12H28P2S4/c1-9(2)13(15,10(3)4)17-18-14(16,11(5)6)12(7)8/h9-12H,1-8H3. The van der Waals surface area contributed by atoms with Crippen LogP contribution in [0.3, 0.4) is 0 Å². The van der Waals surface area contributed by atoms with Gasteiger partial charge >= 0.3 is 0 Å². The van der Waals surface area contributed by atoms with Crippen LogP contribution in [0.5, 0.6) is 0 Å². The van der Waals surface area contributed by atoms with E-state index in [2.05, 4.69) is 55.4 Å². The van der Waals surface area contributed by atoms with Crippen LogP contribution in [0.2, 0.25) is 0 Å². The van der Waals surface area contributed by atoms with E-state index in [-0.39, 0.29) is 0 Å². The van der Waals surface area contributed by atoms with Gasteiger partial charge in [0.1, 0.15) is 0 Å². The zero-order valence-corrected chi connectivity index (χ0v) is 17.9. The van der Waals surface area contributed by atoms with Gasteiger partial charge in [-0.2, -0.15) is 0 Å². The van der Waals surface area contributed by atoms with Crippen LogP contribution in [0.4, 0.5) is 0 Å². The molecule has 0 heterocycles. The maximum atomic E-state index is 6.02. The minimum absolute atomic E-state index is 0.604. The first-order valence-corrected chi connectivity index (χ1v) is 15.8. The van der Waals surface area contributed by atoms with Gasteiger partial charge in [-0.15, -0.1) is 0 Å². The molecule has 0 saturated heterocycles. The second-order valence-corrected chi connectivity index (χ2v) is 25.0. The molecular formula is C12H28P2S4. The maximum Gasteiger partial charge on any atom is 0.0229 e. The smallest absolute Gasteiger partial charge is 0.0229 e. The summed E-state index contributed by atoms with van der Waals surface area (Å²) in [7, 11) is 3.98. The van der Waals surface area contributed by atoms with Gasteiger partial charge in [0.15, 0.2) is 0 Å². The topological polar surface area (TPSA) is 0 Å². The largest absolute Gasteiger partial charge is 0.0845 e. The van der Waals surface area contributed by atoms with E-state index in [1.807, 2.05) is 20.8 Å². The Balaban J connectivity index is 5.03. The van der Waals surface area contributed by atoms with E-state index in [1.165, 1.54) is 0 Å². The average Bonchev–Trinajstić information content (AvgIpc) is 2.23. The predicted molar refractivity (Wildman–Crippen MR) is 104 cm³/mol. The second-order valence-electron chi connectivity index (χ2n) is 5.81. The number of hydrogen-bond acceptors (Lipinski definition) is 4. The molecule has 0 saturated carbocycles. The van der Waals surface area contributed by atoms with E-state index in [4.69, 9.17) is 23.6 Å². The monoisotopic (exact) mass is 362 g/mol. The fourth-order valence-corrected chi connectivity index (χ4v) is 25.7. The zero-order chi connectivity index (χ0) is 14.7. The van der Waals surface area contributed by atoms with Crippen molar-refractivity contribution in [1.29, 1.82) is 0 Å². The van der Waals surface area contributed by atoms with Gasteiger partial charge in [0, 0.05) is 10.5 Å². The van der Waals surface area contributed by atoms with Crippen LogP contribution in [0.1, 0.15) is 55.4 Å². The van der Waals surface area contributed by atoms with Crippen LogP contribution < -0.4 is 0 Å². The van der Waals surface area contributed by atoms with Crippen molar-refractivity contribution in [2.75, 3.05) is 0 Å². The van der Waals surface area contributed by atoms with E-state index >= 15 is 0 Å². The molecule has 110 valence electrons. The first-order chi connectivity index (χ1) is 7.98. The Morgan fingerprint density at radius 1 is 0.556 bits per heavy atom. The van der Waals surface area contributed by atoms with Gasteiger partial charge in [0.25, 0.3) is 0 Å². The van der Waals surface area contributed by atoms with Gasteiger partial charge in [-0.25, -0.2) is 0 Å². The lowest BCUT2D eigenvalue weighted by molar-refractivity contribution is 1.02. The summed E-state index contributed by atoms with van der Waals surface area (Å²) in [4.78, 5) is 0. The van der Waals surface area contributed by atoms with Crippen molar-refractivity contribution >= 4 is 54.9 Å². The zero-order valence-electron chi connectivity index (χ0n) is 12.8. The third-order valence-corrected chi connectivity index (χ3v) is 31.0. The minimum atomic E-state index is -1.36. The molecule has 0 nitrogen and oxygen atoms in total. The summed E-state index contributed by atoms with van der Waals surface area (Å²) < 4.78 is 0. The second kappa shape index (κ2) is 7.85. The average molecular weight is 363 g/mol. The molecule has 0 bridgehead atoms. The van der Waals surface area contributed by atoms with Crippen LogP contribution in [-0.4, -0.2) is 22.6 Å². The van der Waals surface area contributed by atoms with Crippen LogP contribution in [-0.2, 0) is 23.6 Å². The van der Waals surface area contributed by atoms with Gasteiger partial charge in [-0.1, -0.05) is 99.8 Å². The molecule has 0 aromatic carbocycles. The Morgan fingerprint density at radius 3 is 0.833 bits per heavy atom. The predicted octanol–water partition coefficient (Wildman–Crippen LogP) is 6.79. The highest BCUT2D eigenvalue weighted by atomic mass is 33.5. The quantitative estimate of drug-likeness (QED) is 0.361. The van der Waals surface area contributed by atoms with Crippen molar-refractivity contribution in [3.63, 3.8) is 0 Å². The van der Waals surface area contributed by atoms with Crippen LogP contribution in [0.15, 0.2) is 0 Å². The molecule has 0 atom stereocenters. The minimum Gasteiger partial charge on any atom is -0.0845 e. The molecule has 0 aliphatic heterocycles. The Kier molecular flexibility index (Phi) is 8.72. The first-order valence-electron chi connectivity index (χ1n) is 6.55. The van der Waals surface area contributed by atoms with Gasteiger partial charge in [-0.3, -0.25) is 0 Å². The van der Waals surface area contributed by atoms with Crippen LogP contribution in [0, 0.1) is 0 Å². The molecule has 0 aliphatic rings. The molecule has 0 N–H and O–H groups in total. The molecule has 0 radical (unpaired) electrons. The third kappa shape index (κ3) is 4.78. The third-order valence-electron chi connectivity index (χ3n) is 3.15. The summed E-state index contributed by atoms with van der Waals surface area (Å²) in [5.41, 5.74) is 2.42. The molecular weight excluding hydrogens is 334 g/mol. The number of rotatable bonds is 7. The van der Waals surface area contributed by atoms with E-state index in [0.29, 0.717) is 22.6 Å². The molecule has 0 aliphatic carbocycles. The van der Waals surface area contributed by atoms with Crippen molar-refractivity contribution in [3.8, 4) is 0 Å². The van der Waals surface area contributed by atoms with Crippen molar-refractivity contribution < 1.29 is 0 Å². The summed E-state index contributed by atoms with van der Waals surface area (Å²) in [5.74, 6) is 0. The fraction of sp³-hybridized carbons (Fsp3) is 1.00. The summed E-state index contributed by atoms with van der Waals surface area (Å²) in [6.45, 7) is 18.2. The highest BCUT2D eigenvalue weighted by Gasteiger charge is 2.33. The lowest BCUT2D eigenvalue weighted by Gasteiger charge is -2.34. The van der Waals surface area contributed by atoms with E-state index in [9.17, 15) is 0 Å². The van der Waals surface area contributed by atoms with E-state index < -0.39 is 10.5 Å². The summed E-state index contributed by atoms with van der Waals surface area (Å²) >= 11 is 12.0. The van der Waals surface area contributed by atoms with E-state index in [1.54, 1.807) is 0 Å². The Bertz CT molecular complexity index is 290. The van der Waals surface area contributed by atoms with Crippen molar-refractivity contribution in [1.82, 2.24) is 0 Å². The van der Waals surface area contributed by atoms with Gasteiger partial charge in [0.05, 0.1) is 0 Å². The molecule has 0 aromatic heterocycles. The highest BCUT2D eigenvalue weighted by Crippen LogP contribution is 2.81. The molecule has 0 fully saturated rings. The van der Waals surface area contributed by atoms with Crippen molar-refractivity contribution in [2.24, 2.45) is 0 Å². The summed E-state index contributed by atoms with van der Waals surface area (Å²) in [5, 5.41) is -2.73. The Labute approximate surface area is 132 Å². The normalized spacial score (nSPS) is 14.2. The highest BCUT2D eigenvalue weighted by molar-refractivity contribution is 9.19.